The number of hydroxylamine groups is 1. The largest absolute Gasteiger partial charge is 0.378 e. The first kappa shape index (κ1) is 25.3. The highest BCUT2D eigenvalue weighted by Gasteiger charge is 2.20. The summed E-state index contributed by atoms with van der Waals surface area (Å²) in [4.78, 5) is 34.7. The predicted octanol–water partition coefficient (Wildman–Crippen LogP) is 2.54. The molecule has 3 amide bonds. The molecule has 0 saturated carbocycles. The van der Waals surface area contributed by atoms with Crippen molar-refractivity contribution in [3.8, 4) is 11.4 Å². The number of fused-ring (bicyclic) bond motifs is 1. The zero-order valence-electron chi connectivity index (χ0n) is 20.4. The van der Waals surface area contributed by atoms with E-state index in [0.717, 1.165) is 61.2 Å². The van der Waals surface area contributed by atoms with Gasteiger partial charge in [0.1, 0.15) is 5.82 Å². The Morgan fingerprint density at radius 1 is 1.06 bits per heavy atom. The minimum atomic E-state index is -0.356. The average Bonchev–Trinajstić information content (AvgIpc) is 3.33. The van der Waals surface area contributed by atoms with E-state index in [2.05, 4.69) is 20.6 Å². The summed E-state index contributed by atoms with van der Waals surface area (Å²) in [7, 11) is 1.57. The summed E-state index contributed by atoms with van der Waals surface area (Å²) < 4.78 is 7.44. The first-order chi connectivity index (χ1) is 17.6. The van der Waals surface area contributed by atoms with Gasteiger partial charge in [0.25, 0.3) is 0 Å². The number of aryl methyl sites for hydroxylation is 1. The second-order valence-electron chi connectivity index (χ2n) is 8.56. The Kier molecular flexibility index (Phi) is 8.63. The summed E-state index contributed by atoms with van der Waals surface area (Å²) in [5, 5.41) is 19.4. The maximum absolute atomic E-state index is 11.6. The predicted molar refractivity (Wildman–Crippen MR) is 135 cm³/mol. The zero-order chi connectivity index (χ0) is 25.3. The second-order valence-corrected chi connectivity index (χ2v) is 8.56. The molecular formula is C24H32N8O4. The molecule has 1 aromatic carbocycles. The van der Waals surface area contributed by atoms with Crippen LogP contribution in [0.15, 0.2) is 30.5 Å². The van der Waals surface area contributed by atoms with Crippen LogP contribution >= 0.6 is 0 Å². The molecule has 2 aromatic heterocycles. The Balaban J connectivity index is 1.55. The molecule has 0 aliphatic carbocycles. The van der Waals surface area contributed by atoms with Gasteiger partial charge in [-0.1, -0.05) is 12.8 Å². The fraction of sp³-hybridized carbons (Fsp3) is 0.458. The van der Waals surface area contributed by atoms with Crippen molar-refractivity contribution in [2.45, 2.75) is 38.6 Å². The van der Waals surface area contributed by atoms with E-state index in [1.54, 1.807) is 12.5 Å². The zero-order valence-corrected chi connectivity index (χ0v) is 20.4. The number of nitrogens with zero attached hydrogens (tertiary/aromatic N) is 5. The number of morpholine rings is 1. The van der Waals surface area contributed by atoms with Crippen molar-refractivity contribution in [3.05, 3.63) is 30.5 Å². The van der Waals surface area contributed by atoms with Crippen LogP contribution in [0, 0.1) is 0 Å². The number of hydrogen-bond donors (Lipinski definition) is 4. The minimum absolute atomic E-state index is 0.282. The topological polar surface area (TPSA) is 147 Å². The Labute approximate surface area is 209 Å². The van der Waals surface area contributed by atoms with Crippen molar-refractivity contribution in [2.24, 2.45) is 0 Å². The van der Waals surface area contributed by atoms with E-state index in [4.69, 9.17) is 19.9 Å². The van der Waals surface area contributed by atoms with Gasteiger partial charge in [0, 0.05) is 44.4 Å². The second kappa shape index (κ2) is 12.3. The third-order valence-corrected chi connectivity index (χ3v) is 6.06. The van der Waals surface area contributed by atoms with Crippen LogP contribution < -0.4 is 21.0 Å². The number of amides is 3. The Morgan fingerprint density at radius 2 is 1.81 bits per heavy atom. The van der Waals surface area contributed by atoms with Crippen molar-refractivity contribution in [3.63, 3.8) is 0 Å². The van der Waals surface area contributed by atoms with Crippen molar-refractivity contribution >= 4 is 34.5 Å². The molecular weight excluding hydrogens is 464 g/mol. The Morgan fingerprint density at radius 3 is 2.53 bits per heavy atom. The SMILES string of the molecule is CNC(=O)Nc1ccc(-c2nc(N3CCOCC3)c3cnn(CCCCCCC(=O)NO)c3n2)cc1. The molecule has 4 rings (SSSR count). The summed E-state index contributed by atoms with van der Waals surface area (Å²) >= 11 is 0. The third-order valence-electron chi connectivity index (χ3n) is 6.06. The summed E-state index contributed by atoms with van der Waals surface area (Å²) in [6.07, 6.45) is 5.59. The van der Waals surface area contributed by atoms with E-state index in [1.165, 1.54) is 0 Å². The van der Waals surface area contributed by atoms with Gasteiger partial charge in [0.15, 0.2) is 11.5 Å². The fourth-order valence-electron chi connectivity index (χ4n) is 4.10. The van der Waals surface area contributed by atoms with Gasteiger partial charge in [0.05, 0.1) is 24.8 Å². The molecule has 0 bridgehead atoms. The molecule has 192 valence electrons. The highest BCUT2D eigenvalue weighted by molar-refractivity contribution is 5.90. The summed E-state index contributed by atoms with van der Waals surface area (Å²) in [6.45, 7) is 3.47. The molecule has 1 aliphatic heterocycles. The van der Waals surface area contributed by atoms with Gasteiger partial charge in [0.2, 0.25) is 5.91 Å². The molecule has 1 fully saturated rings. The highest BCUT2D eigenvalue weighted by Crippen LogP contribution is 2.29. The van der Waals surface area contributed by atoms with Gasteiger partial charge < -0.3 is 20.3 Å². The van der Waals surface area contributed by atoms with E-state index in [-0.39, 0.29) is 11.9 Å². The van der Waals surface area contributed by atoms with Crippen LogP contribution in [0.25, 0.3) is 22.4 Å². The lowest BCUT2D eigenvalue weighted by atomic mass is 10.1. The van der Waals surface area contributed by atoms with Gasteiger partial charge in [-0.25, -0.2) is 24.9 Å². The number of ether oxygens (including phenoxy) is 1. The molecule has 12 heteroatoms. The number of hydrogen-bond acceptors (Lipinski definition) is 8. The van der Waals surface area contributed by atoms with E-state index in [9.17, 15) is 9.59 Å². The van der Waals surface area contributed by atoms with Crippen LogP contribution in [0.3, 0.4) is 0 Å². The van der Waals surface area contributed by atoms with Crippen molar-refractivity contribution in [2.75, 3.05) is 43.6 Å². The number of carbonyl (C=O) groups excluding carboxylic acids is 2. The van der Waals surface area contributed by atoms with Crippen LogP contribution in [-0.4, -0.2) is 70.2 Å². The van der Waals surface area contributed by atoms with Gasteiger partial charge >= 0.3 is 6.03 Å². The van der Waals surface area contributed by atoms with Gasteiger partial charge in [-0.15, -0.1) is 0 Å². The van der Waals surface area contributed by atoms with Crippen LogP contribution in [0.5, 0.6) is 0 Å². The molecule has 0 unspecified atom stereocenters. The standard InChI is InChI=1S/C24H32N8O4/c1-25-24(34)27-18-9-7-17(8-10-18)21-28-22(31-12-14-36-15-13-31)19-16-26-32(23(19)29-21)11-5-3-2-4-6-20(33)30-35/h7-10,16,35H,2-6,11-15H2,1H3,(H,30,33)(H2,25,27,34). The number of aromatic nitrogens is 4. The summed E-state index contributed by atoms with van der Waals surface area (Å²) in [5.74, 6) is 1.07. The van der Waals surface area contributed by atoms with E-state index in [0.29, 0.717) is 37.7 Å². The highest BCUT2D eigenvalue weighted by atomic mass is 16.5. The quantitative estimate of drug-likeness (QED) is 0.190. The minimum Gasteiger partial charge on any atom is -0.378 e. The van der Waals surface area contributed by atoms with Crippen molar-refractivity contribution < 1.29 is 19.5 Å². The maximum atomic E-state index is 11.6. The lowest BCUT2D eigenvalue weighted by Gasteiger charge is -2.28. The molecule has 12 nitrogen and oxygen atoms in total. The lowest BCUT2D eigenvalue weighted by molar-refractivity contribution is -0.129. The van der Waals surface area contributed by atoms with Gasteiger partial charge in [-0.05, 0) is 37.1 Å². The Hall–Kier alpha value is -3.77. The molecule has 1 saturated heterocycles. The summed E-state index contributed by atoms with van der Waals surface area (Å²) in [5.41, 5.74) is 3.95. The Bertz CT molecular complexity index is 1170. The van der Waals surface area contributed by atoms with Crippen molar-refractivity contribution in [1.82, 2.24) is 30.5 Å². The van der Waals surface area contributed by atoms with Crippen LogP contribution in [0.2, 0.25) is 0 Å². The van der Waals surface area contributed by atoms with E-state index < -0.39 is 0 Å². The molecule has 3 aromatic rings. The number of benzene rings is 1. The molecule has 4 N–H and O–H groups in total. The first-order valence-corrected chi connectivity index (χ1v) is 12.2. The lowest BCUT2D eigenvalue weighted by Crippen LogP contribution is -2.37. The summed E-state index contributed by atoms with van der Waals surface area (Å²) in [6, 6.07) is 7.13. The van der Waals surface area contributed by atoms with Gasteiger partial charge in [-0.2, -0.15) is 5.10 Å². The fourth-order valence-corrected chi connectivity index (χ4v) is 4.10. The van der Waals surface area contributed by atoms with Crippen LogP contribution in [0.4, 0.5) is 16.3 Å². The first-order valence-electron chi connectivity index (χ1n) is 12.2. The molecule has 0 radical (unpaired) electrons. The van der Waals surface area contributed by atoms with Gasteiger partial charge in [-0.3, -0.25) is 10.0 Å². The molecule has 1 aliphatic rings. The maximum Gasteiger partial charge on any atom is 0.318 e. The molecule has 0 atom stereocenters. The molecule has 36 heavy (non-hydrogen) atoms. The van der Waals surface area contributed by atoms with Crippen molar-refractivity contribution in [1.29, 1.82) is 0 Å². The molecule has 3 heterocycles. The smallest absolute Gasteiger partial charge is 0.318 e. The number of carbonyl (C=O) groups is 2. The van der Waals surface area contributed by atoms with E-state index >= 15 is 0 Å². The number of rotatable bonds is 10. The van der Waals surface area contributed by atoms with Crippen LogP contribution in [0.1, 0.15) is 32.1 Å². The monoisotopic (exact) mass is 496 g/mol. The number of urea groups is 1. The average molecular weight is 497 g/mol. The number of unbranched alkanes of at least 4 members (excludes halogenated alkanes) is 3. The van der Waals surface area contributed by atoms with Crippen LogP contribution in [-0.2, 0) is 16.1 Å². The van der Waals surface area contributed by atoms with E-state index in [1.807, 2.05) is 35.1 Å². The number of nitrogens with one attached hydrogen (secondary N) is 3. The third kappa shape index (κ3) is 6.26. The normalized spacial score (nSPS) is 13.6. The number of anilines is 2. The molecule has 0 spiro atoms.